The largest absolute Gasteiger partial charge is 0.351 e. The first-order valence-corrected chi connectivity index (χ1v) is 8.18. The van der Waals surface area contributed by atoms with E-state index in [-0.39, 0.29) is 24.8 Å². The van der Waals surface area contributed by atoms with Crippen LogP contribution in [0.2, 0.25) is 5.02 Å². The molecule has 2 rings (SSSR count). The van der Waals surface area contributed by atoms with Crippen LogP contribution < -0.4 is 10.2 Å². The summed E-state index contributed by atoms with van der Waals surface area (Å²) < 4.78 is 2.00. The van der Waals surface area contributed by atoms with Crippen molar-refractivity contribution in [2.75, 3.05) is 25.5 Å². The lowest BCUT2D eigenvalue weighted by atomic mass is 10.1. The zero-order valence-corrected chi connectivity index (χ0v) is 15.2. The molecule has 6 heteroatoms. The molecule has 1 amide bonds. The Morgan fingerprint density at radius 1 is 1.17 bits per heavy atom. The number of carbonyl (C=O) groups excluding carboxylic acids is 2. The van der Waals surface area contributed by atoms with Crippen LogP contribution in [0.1, 0.15) is 21.7 Å². The second kappa shape index (κ2) is 7.64. The number of quaternary nitrogens is 1. The number of carbonyl (C=O) groups is 2. The maximum Gasteiger partial charge on any atom is 0.279 e. The number of nitrogens with one attached hydrogen (secondary N) is 2. The number of aryl methyl sites for hydroxylation is 1. The number of benzene rings is 1. The molecule has 5 nitrogen and oxygen atoms in total. The Kier molecular flexibility index (Phi) is 5.80. The van der Waals surface area contributed by atoms with Crippen molar-refractivity contribution in [1.82, 2.24) is 4.57 Å². The highest BCUT2D eigenvalue weighted by Crippen LogP contribution is 2.14. The molecule has 0 saturated carbocycles. The van der Waals surface area contributed by atoms with Gasteiger partial charge in [0.05, 0.1) is 7.05 Å². The second-order valence-electron chi connectivity index (χ2n) is 6.13. The maximum absolute atomic E-state index is 12.4. The van der Waals surface area contributed by atoms with Gasteiger partial charge in [-0.2, -0.15) is 0 Å². The fourth-order valence-electron chi connectivity index (χ4n) is 2.58. The second-order valence-corrected chi connectivity index (χ2v) is 6.57. The number of ketones is 1. The Balaban J connectivity index is 1.91. The average Bonchev–Trinajstić information content (AvgIpc) is 2.77. The van der Waals surface area contributed by atoms with E-state index in [2.05, 4.69) is 5.32 Å². The van der Waals surface area contributed by atoms with Crippen molar-refractivity contribution >= 4 is 29.0 Å². The van der Waals surface area contributed by atoms with Gasteiger partial charge >= 0.3 is 0 Å². The lowest BCUT2D eigenvalue weighted by Gasteiger charge is -2.13. The zero-order chi connectivity index (χ0) is 17.9. The average molecular weight is 349 g/mol. The molecule has 1 atom stereocenters. The molecule has 2 aromatic rings. The third kappa shape index (κ3) is 4.46. The molecule has 1 aromatic carbocycles. The zero-order valence-electron chi connectivity index (χ0n) is 14.4. The van der Waals surface area contributed by atoms with Crippen molar-refractivity contribution in [3.63, 3.8) is 0 Å². The predicted octanol–water partition coefficient (Wildman–Crippen LogP) is 1.63. The van der Waals surface area contributed by atoms with E-state index in [1.807, 2.05) is 38.6 Å². The van der Waals surface area contributed by atoms with Gasteiger partial charge in [-0.1, -0.05) is 11.6 Å². The summed E-state index contributed by atoms with van der Waals surface area (Å²) in [6, 6.07) is 8.84. The Labute approximate surface area is 147 Å². The van der Waals surface area contributed by atoms with Crippen LogP contribution in [0, 0.1) is 13.8 Å². The number of nitrogens with zero attached hydrogens (tertiary/aromatic N) is 1. The maximum atomic E-state index is 12.4. The van der Waals surface area contributed by atoms with Gasteiger partial charge in [-0.05, 0) is 44.2 Å². The molecule has 24 heavy (non-hydrogen) atoms. The van der Waals surface area contributed by atoms with Crippen LogP contribution in [0.15, 0.2) is 30.3 Å². The minimum absolute atomic E-state index is 0.0491. The normalized spacial score (nSPS) is 12.0. The van der Waals surface area contributed by atoms with E-state index in [4.69, 9.17) is 11.6 Å². The lowest BCUT2D eigenvalue weighted by molar-refractivity contribution is -0.861. The number of rotatable bonds is 6. The fourth-order valence-corrected chi connectivity index (χ4v) is 2.71. The molecule has 2 N–H and O–H groups in total. The molecule has 0 aliphatic carbocycles. The monoisotopic (exact) mass is 348 g/mol. The van der Waals surface area contributed by atoms with Gasteiger partial charge in [0.15, 0.2) is 6.54 Å². The Bertz CT molecular complexity index is 750. The van der Waals surface area contributed by atoms with Gasteiger partial charge in [0.2, 0.25) is 5.78 Å². The van der Waals surface area contributed by atoms with Crippen molar-refractivity contribution in [2.45, 2.75) is 13.8 Å². The van der Waals surface area contributed by atoms with Crippen LogP contribution >= 0.6 is 11.6 Å². The molecule has 1 aromatic heterocycles. The molecular weight excluding hydrogens is 326 g/mol. The number of hydrogen-bond donors (Lipinski definition) is 2. The number of halogens is 1. The van der Waals surface area contributed by atoms with Crippen molar-refractivity contribution in [1.29, 1.82) is 0 Å². The van der Waals surface area contributed by atoms with Gasteiger partial charge in [0.25, 0.3) is 5.91 Å². The summed E-state index contributed by atoms with van der Waals surface area (Å²) in [7, 11) is 3.78. The lowest BCUT2D eigenvalue weighted by Crippen LogP contribution is -3.11. The van der Waals surface area contributed by atoms with Gasteiger partial charge in [0, 0.05) is 34.7 Å². The van der Waals surface area contributed by atoms with E-state index in [1.165, 1.54) is 0 Å². The van der Waals surface area contributed by atoms with E-state index in [0.717, 1.165) is 21.9 Å². The number of hydrogen-bond acceptors (Lipinski definition) is 2. The molecule has 0 aliphatic rings. The van der Waals surface area contributed by atoms with Crippen LogP contribution in [0.3, 0.4) is 0 Å². The van der Waals surface area contributed by atoms with E-state index in [0.29, 0.717) is 10.7 Å². The van der Waals surface area contributed by atoms with Gasteiger partial charge in [0.1, 0.15) is 6.54 Å². The van der Waals surface area contributed by atoms with Crippen LogP contribution in [0.4, 0.5) is 5.69 Å². The highest BCUT2D eigenvalue weighted by atomic mass is 35.5. The molecular formula is C18H23ClN3O2+. The minimum Gasteiger partial charge on any atom is -0.351 e. The molecule has 128 valence electrons. The molecule has 0 saturated heterocycles. The number of Topliss-reactive ketones (excluding diaryl/α,β-unsaturated/α-hetero) is 1. The van der Waals surface area contributed by atoms with Gasteiger partial charge < -0.3 is 14.8 Å². The van der Waals surface area contributed by atoms with Crippen molar-refractivity contribution < 1.29 is 14.5 Å². The SMILES string of the molecule is Cc1cc(C(=O)C[NH+](C)CC(=O)Nc2ccc(Cl)cc2)c(C)n1C. The summed E-state index contributed by atoms with van der Waals surface area (Å²) >= 11 is 5.82. The summed E-state index contributed by atoms with van der Waals surface area (Å²) in [5.41, 5.74) is 3.43. The first-order chi connectivity index (χ1) is 11.3. The van der Waals surface area contributed by atoms with E-state index in [9.17, 15) is 9.59 Å². The highest BCUT2D eigenvalue weighted by molar-refractivity contribution is 6.30. The standard InChI is InChI=1S/C18H22ClN3O2/c1-12-9-16(13(2)22(12)4)17(23)10-21(3)11-18(24)20-15-7-5-14(19)6-8-15/h5-9H,10-11H2,1-4H3,(H,20,24)/p+1. The van der Waals surface area contributed by atoms with Gasteiger partial charge in [-0.15, -0.1) is 0 Å². The number of likely N-dealkylation sites (N-methyl/N-ethyl adjacent to an activating group) is 1. The quantitative estimate of drug-likeness (QED) is 0.780. The third-order valence-electron chi connectivity index (χ3n) is 4.13. The molecule has 1 heterocycles. The van der Waals surface area contributed by atoms with Crippen molar-refractivity contribution in [2.24, 2.45) is 7.05 Å². The van der Waals surface area contributed by atoms with E-state index >= 15 is 0 Å². The summed E-state index contributed by atoms with van der Waals surface area (Å²) in [6.07, 6.45) is 0. The first-order valence-electron chi connectivity index (χ1n) is 7.80. The molecule has 1 unspecified atom stereocenters. The Morgan fingerprint density at radius 2 is 1.79 bits per heavy atom. The van der Waals surface area contributed by atoms with Gasteiger partial charge in [-0.25, -0.2) is 0 Å². The highest BCUT2D eigenvalue weighted by Gasteiger charge is 2.19. The summed E-state index contributed by atoms with van der Waals surface area (Å²) in [5.74, 6) is -0.0865. The van der Waals surface area contributed by atoms with Crippen LogP contribution in [0.5, 0.6) is 0 Å². The molecule has 0 bridgehead atoms. The Hall–Kier alpha value is -2.11. The summed E-state index contributed by atoms with van der Waals surface area (Å²) in [4.78, 5) is 25.3. The number of aromatic nitrogens is 1. The smallest absolute Gasteiger partial charge is 0.279 e. The predicted molar refractivity (Wildman–Crippen MR) is 95.9 cm³/mol. The Morgan fingerprint density at radius 3 is 2.33 bits per heavy atom. The minimum atomic E-state index is -0.136. The molecule has 0 spiro atoms. The molecule has 0 radical (unpaired) electrons. The van der Waals surface area contributed by atoms with Gasteiger partial charge in [-0.3, -0.25) is 9.59 Å². The van der Waals surface area contributed by atoms with E-state index in [1.54, 1.807) is 24.3 Å². The van der Waals surface area contributed by atoms with Crippen molar-refractivity contribution in [3.05, 3.63) is 52.3 Å². The fraction of sp³-hybridized carbons (Fsp3) is 0.333. The third-order valence-corrected chi connectivity index (χ3v) is 4.38. The van der Waals surface area contributed by atoms with Crippen molar-refractivity contribution in [3.8, 4) is 0 Å². The number of amides is 1. The van der Waals surface area contributed by atoms with Crippen LogP contribution in [-0.4, -0.2) is 36.4 Å². The summed E-state index contributed by atoms with van der Waals surface area (Å²) in [6.45, 7) is 4.40. The van der Waals surface area contributed by atoms with Crippen LogP contribution in [-0.2, 0) is 11.8 Å². The molecule has 0 aliphatic heterocycles. The summed E-state index contributed by atoms with van der Waals surface area (Å²) in [5, 5.41) is 3.42. The van der Waals surface area contributed by atoms with Crippen LogP contribution in [0.25, 0.3) is 0 Å². The van der Waals surface area contributed by atoms with E-state index < -0.39 is 0 Å². The first kappa shape index (κ1) is 18.2. The topological polar surface area (TPSA) is 55.5 Å². The number of anilines is 1. The molecule has 0 fully saturated rings.